The van der Waals surface area contributed by atoms with Crippen LogP contribution >= 0.6 is 17.0 Å². The van der Waals surface area contributed by atoms with Crippen LogP contribution in [0.15, 0.2) is 95.3 Å². The molecule has 78 heavy (non-hydrogen) atoms. The molecule has 0 bridgehead atoms. The van der Waals surface area contributed by atoms with E-state index in [1.165, 1.54) is 13.8 Å². The van der Waals surface area contributed by atoms with Crippen LogP contribution in [0.2, 0.25) is 0 Å². The number of aryl methyl sites for hydroxylation is 3. The average Bonchev–Trinajstić information content (AvgIpc) is 4.35. The number of carbonyl (C=O) groups is 8. The molecule has 0 spiro atoms. The van der Waals surface area contributed by atoms with E-state index in [4.69, 9.17) is 18.8 Å². The number of hydrogen-bond donors (Lipinski definition) is 2. The lowest BCUT2D eigenvalue weighted by molar-refractivity contribution is -0.678. The molecule has 3 aliphatic heterocycles. The van der Waals surface area contributed by atoms with Gasteiger partial charge in [-0.25, -0.2) is 9.59 Å². The third kappa shape index (κ3) is 11.1. The van der Waals surface area contributed by atoms with Crippen molar-refractivity contribution in [2.75, 3.05) is 22.1 Å². The Morgan fingerprint density at radius 3 is 1.71 bits per heavy atom. The van der Waals surface area contributed by atoms with E-state index in [1.807, 2.05) is 93.0 Å². The summed E-state index contributed by atoms with van der Waals surface area (Å²) in [6.07, 6.45) is 13.1. The van der Waals surface area contributed by atoms with E-state index in [2.05, 4.69) is 41.4 Å². The number of imide groups is 2. The van der Waals surface area contributed by atoms with E-state index >= 15 is 0 Å². The van der Waals surface area contributed by atoms with Crippen molar-refractivity contribution in [3.63, 3.8) is 0 Å². The second kappa shape index (κ2) is 22.9. The van der Waals surface area contributed by atoms with Crippen LogP contribution in [-0.4, -0.2) is 73.2 Å². The third-order valence-electron chi connectivity index (χ3n) is 14.0. The molecule has 0 radical (unpaired) electrons. The smallest absolute Gasteiger partial charge is 0.374 e. The molecule has 0 aliphatic carbocycles. The Morgan fingerprint density at radius 1 is 0.615 bits per heavy atom. The van der Waals surface area contributed by atoms with Crippen LogP contribution in [0.5, 0.6) is 5.75 Å². The molecule has 2 fully saturated rings. The normalized spacial score (nSPS) is 15.1. The molecule has 3 aromatic heterocycles. The molecule has 10 rings (SSSR count). The van der Waals surface area contributed by atoms with Crippen LogP contribution in [0.1, 0.15) is 96.8 Å². The lowest BCUT2D eigenvalue weighted by Gasteiger charge is -2.18. The number of rotatable bonds is 19. The quantitative estimate of drug-likeness (QED) is 0.0334. The molecule has 3 aliphatic rings. The molecule has 2 saturated heterocycles. The van der Waals surface area contributed by atoms with Gasteiger partial charge in [-0.05, 0) is 74.2 Å². The van der Waals surface area contributed by atoms with Gasteiger partial charge in [-0.3, -0.25) is 28.8 Å². The highest BCUT2D eigenvalue weighted by molar-refractivity contribution is 8.93. The standard InChI is InChI=1S/C57H56N8O12.BrH/c1-34(66)58-36-18-20-42-38(28-36)40-30-46-48(32-44(40)60(42)3)74-54(62(46)26-12-6-10-16-56(72)76-64-50(68)22-23-51(64)69)14-8-5-9-15-55-63(27-13-7-11-17-57(73)77-65-52(70)24-25-53(65)71)47-31-41-39-29-37(59-35(2)67)19-21-43(39)61(4)45(41)33-49(47)75-55;/h5,8-9,14-15,18-21,28-33H,6-7,10-13,16-17,22-27H2,1-4H3,(H-,58,59,66,67);1H/p+1. The maximum absolute atomic E-state index is 12.6. The maximum atomic E-state index is 12.6. The SMILES string of the molecule is Br.CC(=O)Nc1ccc2c(c1)c1cc3c(cc1n2C)O\C(=C/C=C/C=C/c1oc2cc4c(cc2[n+]1CCCCCC(=O)ON1C(=O)CCC1=O)c1cc(NC(C)=O)ccc1n4C)N3CCCCCC(=O)ON1C(=O)CCC1=O. The molecule has 4 aromatic carbocycles. The minimum absolute atomic E-state index is 0. The van der Waals surface area contributed by atoms with Crippen LogP contribution in [0.4, 0.5) is 17.1 Å². The zero-order chi connectivity index (χ0) is 54.1. The molecular weight excluding hydrogens is 1070 g/mol. The van der Waals surface area contributed by atoms with Gasteiger partial charge in [0.25, 0.3) is 29.1 Å². The number of fused-ring (bicyclic) bond motifs is 8. The van der Waals surface area contributed by atoms with Crippen LogP contribution in [0, 0.1) is 0 Å². The molecule has 0 saturated carbocycles. The molecule has 2 N–H and O–H groups in total. The molecule has 6 amide bonds. The summed E-state index contributed by atoms with van der Waals surface area (Å²) >= 11 is 0. The summed E-state index contributed by atoms with van der Waals surface area (Å²) in [5, 5.41) is 10.8. The van der Waals surface area contributed by atoms with Crippen LogP contribution < -0.4 is 24.8 Å². The van der Waals surface area contributed by atoms with Gasteiger partial charge in [0, 0.05) is 142 Å². The van der Waals surface area contributed by atoms with E-state index in [0.717, 1.165) is 54.8 Å². The molecule has 0 atom stereocenters. The lowest BCUT2D eigenvalue weighted by atomic mass is 10.1. The highest BCUT2D eigenvalue weighted by Crippen LogP contribution is 2.45. The van der Waals surface area contributed by atoms with Gasteiger partial charge in [0.1, 0.15) is 0 Å². The number of amides is 6. The minimum atomic E-state index is -0.638. The van der Waals surface area contributed by atoms with Gasteiger partial charge in [-0.15, -0.1) is 27.1 Å². The Balaban J connectivity index is 0.00000740. The number of aromatic nitrogens is 3. The maximum Gasteiger partial charge on any atom is 0.374 e. The Bertz CT molecular complexity index is 3700. The van der Waals surface area contributed by atoms with E-state index < -0.39 is 35.6 Å². The fourth-order valence-electron chi connectivity index (χ4n) is 10.3. The monoisotopic (exact) mass is 1130 g/mol. The van der Waals surface area contributed by atoms with Crippen molar-refractivity contribution in [1.29, 1.82) is 0 Å². The van der Waals surface area contributed by atoms with Crippen molar-refractivity contribution in [2.24, 2.45) is 14.1 Å². The summed E-state index contributed by atoms with van der Waals surface area (Å²) in [5.41, 5.74) is 7.57. The lowest BCUT2D eigenvalue weighted by Crippen LogP contribution is -2.35. The molecule has 21 heteroatoms. The number of halogens is 1. The van der Waals surface area contributed by atoms with Crippen molar-refractivity contribution < 1.29 is 61.8 Å². The van der Waals surface area contributed by atoms with E-state index in [1.54, 1.807) is 0 Å². The Labute approximate surface area is 457 Å². The molecule has 404 valence electrons. The van der Waals surface area contributed by atoms with Crippen molar-refractivity contribution in [2.45, 2.75) is 97.4 Å². The molecular formula is C57H58BrN8O12+. The number of ether oxygens (including phenoxy) is 1. The van der Waals surface area contributed by atoms with Crippen LogP contribution in [-0.2, 0) is 68.7 Å². The highest BCUT2D eigenvalue weighted by Gasteiger charge is 2.34. The van der Waals surface area contributed by atoms with E-state index in [0.29, 0.717) is 96.2 Å². The van der Waals surface area contributed by atoms with Gasteiger partial charge in [0.2, 0.25) is 23.3 Å². The van der Waals surface area contributed by atoms with Gasteiger partial charge < -0.3 is 43.5 Å². The molecule has 0 unspecified atom stereocenters. The molecule has 7 aromatic rings. The summed E-state index contributed by atoms with van der Waals surface area (Å²) in [7, 11) is 3.97. The first-order valence-electron chi connectivity index (χ1n) is 25.8. The number of hydrogen-bond acceptors (Lipinski definition) is 13. The van der Waals surface area contributed by atoms with Gasteiger partial charge in [-0.1, -0.05) is 24.6 Å². The second-order valence-corrected chi connectivity index (χ2v) is 19.4. The van der Waals surface area contributed by atoms with Crippen LogP contribution in [0.3, 0.4) is 0 Å². The van der Waals surface area contributed by atoms with E-state index in [9.17, 15) is 38.4 Å². The number of allylic oxidation sites excluding steroid dienone is 4. The Hall–Kier alpha value is -8.59. The van der Waals surface area contributed by atoms with Crippen LogP contribution in [0.25, 0.3) is 60.8 Å². The summed E-state index contributed by atoms with van der Waals surface area (Å²) < 4.78 is 19.4. The Kier molecular flexibility index (Phi) is 15.9. The first-order valence-corrected chi connectivity index (χ1v) is 25.8. The third-order valence-corrected chi connectivity index (χ3v) is 14.0. The first-order chi connectivity index (χ1) is 37.1. The van der Waals surface area contributed by atoms with Gasteiger partial charge in [0.05, 0.1) is 22.8 Å². The average molecular weight is 1130 g/mol. The molecule has 20 nitrogen and oxygen atoms in total. The fourth-order valence-corrected chi connectivity index (χ4v) is 10.3. The summed E-state index contributed by atoms with van der Waals surface area (Å²) in [5.74, 6) is -1.87. The number of nitrogens with zero attached hydrogens (tertiary/aromatic N) is 6. The molecule has 6 heterocycles. The van der Waals surface area contributed by atoms with E-state index in [-0.39, 0.29) is 67.3 Å². The van der Waals surface area contributed by atoms with Gasteiger partial charge in [0.15, 0.2) is 12.3 Å². The van der Waals surface area contributed by atoms with Crippen molar-refractivity contribution in [1.82, 2.24) is 19.3 Å². The second-order valence-electron chi connectivity index (χ2n) is 19.4. The topological polar surface area (TPSA) is 225 Å². The summed E-state index contributed by atoms with van der Waals surface area (Å²) in [6, 6.07) is 19.8. The number of unbranched alkanes of at least 4 members (excludes halogenated alkanes) is 4. The summed E-state index contributed by atoms with van der Waals surface area (Å²) in [6.45, 7) is 4.01. The predicted molar refractivity (Wildman–Crippen MR) is 295 cm³/mol. The zero-order valence-electron chi connectivity index (χ0n) is 43.6. The van der Waals surface area contributed by atoms with Crippen molar-refractivity contribution in [3.8, 4) is 5.75 Å². The van der Waals surface area contributed by atoms with Gasteiger partial charge >= 0.3 is 17.8 Å². The van der Waals surface area contributed by atoms with Gasteiger partial charge in [-0.2, -0.15) is 4.57 Å². The Morgan fingerprint density at radius 2 is 1.14 bits per heavy atom. The van der Waals surface area contributed by atoms with Crippen molar-refractivity contribution >= 4 is 142 Å². The summed E-state index contributed by atoms with van der Waals surface area (Å²) in [4.78, 5) is 109. The largest absolute Gasteiger partial charge is 0.439 e. The first kappa shape index (κ1) is 54.2. The number of oxazole rings is 1. The highest BCUT2D eigenvalue weighted by atomic mass is 79.9. The number of benzene rings is 4. The number of carbonyl (C=O) groups excluding carboxylic acids is 8. The predicted octanol–water partition coefficient (Wildman–Crippen LogP) is 9.15. The number of hydroxylamine groups is 4. The number of anilines is 3. The minimum Gasteiger partial charge on any atom is -0.439 e. The zero-order valence-corrected chi connectivity index (χ0v) is 45.3. The fraction of sp³-hybridized carbons (Fsp3) is 0.316. The van der Waals surface area contributed by atoms with Crippen molar-refractivity contribution in [3.05, 3.63) is 96.7 Å². The number of nitrogens with one attached hydrogen (secondary N) is 2.